The highest BCUT2D eigenvalue weighted by molar-refractivity contribution is 14.1. The van der Waals surface area contributed by atoms with Crippen LogP contribution in [-0.2, 0) is 20.8 Å². The van der Waals surface area contributed by atoms with E-state index in [1.807, 2.05) is 12.1 Å². The summed E-state index contributed by atoms with van der Waals surface area (Å²) >= 11 is 2.19. The van der Waals surface area contributed by atoms with Crippen LogP contribution in [-0.4, -0.2) is 63.4 Å². The third kappa shape index (κ3) is 15.4. The summed E-state index contributed by atoms with van der Waals surface area (Å²) in [5, 5.41) is 29.5. The molecule has 4 aromatic carbocycles. The lowest BCUT2D eigenvalue weighted by atomic mass is 10.0. The lowest BCUT2D eigenvalue weighted by molar-refractivity contribution is 0.0516. The molecule has 7 aromatic rings. The van der Waals surface area contributed by atoms with Crippen molar-refractivity contribution >= 4 is 40.5 Å². The predicted octanol–water partition coefficient (Wildman–Crippen LogP) is 9.54. The van der Waals surface area contributed by atoms with Crippen LogP contribution in [0.4, 0.5) is 8.78 Å². The number of halogens is 3. The van der Waals surface area contributed by atoms with E-state index in [1.54, 1.807) is 87.5 Å². The molecule has 3 aromatic heterocycles. The third-order valence-corrected chi connectivity index (χ3v) is 9.15. The van der Waals surface area contributed by atoms with Crippen molar-refractivity contribution in [3.63, 3.8) is 0 Å². The molecule has 3 heterocycles. The highest BCUT2D eigenvalue weighted by atomic mass is 127. The van der Waals surface area contributed by atoms with E-state index in [-0.39, 0.29) is 29.9 Å². The minimum atomic E-state index is -1.36. The number of aromatic nitrogens is 3. The third-order valence-electron chi connectivity index (χ3n) is 8.44. The fourth-order valence-corrected chi connectivity index (χ4v) is 5.55. The summed E-state index contributed by atoms with van der Waals surface area (Å²) in [6.45, 7) is 6.30. The van der Waals surface area contributed by atoms with E-state index in [4.69, 9.17) is 19.3 Å². The van der Waals surface area contributed by atoms with Crippen LogP contribution >= 0.6 is 22.6 Å². The van der Waals surface area contributed by atoms with Gasteiger partial charge in [-0.2, -0.15) is 0 Å². The molecule has 0 aliphatic carbocycles. The number of ether oxygens (including phenoxy) is 3. The number of rotatable bonds is 13. The molecular weight excluding hydrogens is 935 g/mol. The fraction of sp³-hybridized carbons (Fsp3) is 0.217. The quantitative estimate of drug-likeness (QED) is 0.0629. The van der Waals surface area contributed by atoms with Gasteiger partial charge in [0.05, 0.1) is 43.1 Å². The molecule has 0 saturated heterocycles. The van der Waals surface area contributed by atoms with Crippen molar-refractivity contribution in [1.82, 2.24) is 15.5 Å². The summed E-state index contributed by atoms with van der Waals surface area (Å²) in [6.07, 6.45) is 0.543. The van der Waals surface area contributed by atoms with Gasteiger partial charge in [0, 0.05) is 21.8 Å². The number of aliphatic hydroxyl groups excluding tert-OH is 2. The molecule has 0 radical (unpaired) electrons. The van der Waals surface area contributed by atoms with Gasteiger partial charge in [0.15, 0.2) is 12.3 Å². The van der Waals surface area contributed by atoms with E-state index in [9.17, 15) is 28.3 Å². The first-order chi connectivity index (χ1) is 30.5. The summed E-state index contributed by atoms with van der Waals surface area (Å²) in [5.41, 5.74) is 4.66. The Morgan fingerprint density at radius 2 is 0.873 bits per heavy atom. The smallest absolute Gasteiger partial charge is 0.338 e. The largest absolute Gasteiger partial charge is 0.462 e. The molecule has 3 atom stereocenters. The first kappa shape index (κ1) is 49.1. The Morgan fingerprint density at radius 1 is 0.540 bits per heavy atom. The zero-order valence-electron chi connectivity index (χ0n) is 34.3. The summed E-state index contributed by atoms with van der Waals surface area (Å²) < 4.78 is 57.2. The molecule has 14 nitrogen and oxygen atoms in total. The number of benzene rings is 4. The lowest BCUT2D eigenvalue weighted by Crippen LogP contribution is -2.05. The van der Waals surface area contributed by atoms with Crippen molar-refractivity contribution in [2.75, 3.05) is 19.8 Å². The zero-order chi connectivity index (χ0) is 45.6. The number of hydrogen-bond donors (Lipinski definition) is 2. The number of nitrogens with zero attached hydrogens (tertiary/aromatic N) is 3. The monoisotopic (exact) mass is 979 g/mol. The standard InChI is InChI=1S/C13H12FNO3.C13H13NO4.C11H10FNO2.C9H9IO2/c1-2-17-13(16)10-5-3-9(4-6-10)12(14)11-7-8-18-15-11;1-2-17-13(16)10-5-3-9(4-6-10)12(15)11-7-8-18-14-11;12-11(10-5-6-15-13-10)9-3-1-8(7-14)2-4-9;1-2-12-9(11)7-3-5-8(10)6-4-7/h3-8,12H,2H2,1H3;3-8,12,15H,2H2,1H3;1-6,11,14H,7H2;3-6H,2H2,1H3. The summed E-state index contributed by atoms with van der Waals surface area (Å²) in [5.74, 6) is -1.05. The van der Waals surface area contributed by atoms with Crippen LogP contribution < -0.4 is 0 Å². The molecule has 0 amide bonds. The second-order valence-corrected chi connectivity index (χ2v) is 14.0. The van der Waals surface area contributed by atoms with Gasteiger partial charge in [0.1, 0.15) is 42.0 Å². The van der Waals surface area contributed by atoms with Crippen molar-refractivity contribution in [1.29, 1.82) is 0 Å². The molecule has 330 valence electrons. The molecule has 0 fully saturated rings. The van der Waals surface area contributed by atoms with Crippen LogP contribution in [0, 0.1) is 3.57 Å². The maximum atomic E-state index is 13.9. The number of aliphatic hydroxyl groups is 2. The van der Waals surface area contributed by atoms with E-state index >= 15 is 0 Å². The number of esters is 3. The average molecular weight is 980 g/mol. The van der Waals surface area contributed by atoms with Gasteiger partial charge >= 0.3 is 17.9 Å². The van der Waals surface area contributed by atoms with E-state index in [1.165, 1.54) is 55.2 Å². The normalized spacial score (nSPS) is 11.7. The Hall–Kier alpha value is -6.57. The van der Waals surface area contributed by atoms with Crippen molar-refractivity contribution in [2.24, 2.45) is 0 Å². The molecule has 0 spiro atoms. The van der Waals surface area contributed by atoms with Crippen molar-refractivity contribution in [3.8, 4) is 0 Å². The van der Waals surface area contributed by atoms with Crippen LogP contribution in [0.25, 0.3) is 0 Å². The second kappa shape index (κ2) is 26.0. The van der Waals surface area contributed by atoms with Gasteiger partial charge in [-0.05, 0) is 114 Å². The SMILES string of the molecule is CCOC(=O)c1ccc(C(F)c2ccon2)cc1.CCOC(=O)c1ccc(C(O)c2ccon2)cc1.CCOC(=O)c1ccc(I)cc1.OCc1ccc(C(F)c2ccon2)cc1. The molecule has 3 unspecified atom stereocenters. The van der Waals surface area contributed by atoms with Gasteiger partial charge in [0.25, 0.3) is 0 Å². The Bertz CT molecular complexity index is 2270. The highest BCUT2D eigenvalue weighted by Gasteiger charge is 2.18. The molecule has 0 saturated carbocycles. The first-order valence-electron chi connectivity index (χ1n) is 19.3. The predicted molar refractivity (Wildman–Crippen MR) is 232 cm³/mol. The van der Waals surface area contributed by atoms with Gasteiger partial charge in [-0.1, -0.05) is 64.0 Å². The summed E-state index contributed by atoms with van der Waals surface area (Å²) in [6, 6.07) is 31.1. The minimum absolute atomic E-state index is 0.0405. The summed E-state index contributed by atoms with van der Waals surface area (Å²) in [7, 11) is 0. The number of carbonyl (C=O) groups is 3. The van der Waals surface area contributed by atoms with Crippen LogP contribution in [0.15, 0.2) is 148 Å². The van der Waals surface area contributed by atoms with Crippen LogP contribution in [0.1, 0.15) is 110 Å². The number of alkyl halides is 2. The topological polar surface area (TPSA) is 197 Å². The lowest BCUT2D eigenvalue weighted by Gasteiger charge is -2.08. The Labute approximate surface area is 374 Å². The number of hydrogen-bond acceptors (Lipinski definition) is 14. The average Bonchev–Trinajstić information content (AvgIpc) is 4.16. The van der Waals surface area contributed by atoms with Crippen LogP contribution in [0.3, 0.4) is 0 Å². The molecular formula is C46H44F2IN3O11. The van der Waals surface area contributed by atoms with Crippen molar-refractivity contribution in [2.45, 2.75) is 45.8 Å². The maximum Gasteiger partial charge on any atom is 0.338 e. The summed E-state index contributed by atoms with van der Waals surface area (Å²) in [4.78, 5) is 34.0. The second-order valence-electron chi connectivity index (χ2n) is 12.7. The van der Waals surface area contributed by atoms with E-state index < -0.39 is 24.4 Å². The highest BCUT2D eigenvalue weighted by Crippen LogP contribution is 2.26. The molecule has 2 N–H and O–H groups in total. The van der Waals surface area contributed by atoms with Crippen LogP contribution in [0.5, 0.6) is 0 Å². The first-order valence-corrected chi connectivity index (χ1v) is 20.4. The Balaban J connectivity index is 0.000000187. The minimum Gasteiger partial charge on any atom is -0.462 e. The molecule has 0 aliphatic rings. The maximum absolute atomic E-state index is 13.9. The molecule has 0 aliphatic heterocycles. The van der Waals surface area contributed by atoms with E-state index in [2.05, 4.69) is 51.6 Å². The number of carbonyl (C=O) groups excluding carboxylic acids is 3. The van der Waals surface area contributed by atoms with Gasteiger partial charge < -0.3 is 38.0 Å². The Morgan fingerprint density at radius 3 is 1.21 bits per heavy atom. The molecule has 17 heteroatoms. The van der Waals surface area contributed by atoms with Crippen molar-refractivity contribution < 1.29 is 61.2 Å². The van der Waals surface area contributed by atoms with Gasteiger partial charge in [0.2, 0.25) is 0 Å². The van der Waals surface area contributed by atoms with Crippen molar-refractivity contribution in [3.05, 3.63) is 194 Å². The zero-order valence-corrected chi connectivity index (χ0v) is 36.5. The Kier molecular flexibility index (Phi) is 20.3. The van der Waals surface area contributed by atoms with Crippen LogP contribution in [0.2, 0.25) is 0 Å². The van der Waals surface area contributed by atoms with E-state index in [0.29, 0.717) is 58.9 Å². The molecule has 63 heavy (non-hydrogen) atoms. The molecule has 0 bridgehead atoms. The van der Waals surface area contributed by atoms with Gasteiger partial charge in [-0.3, -0.25) is 0 Å². The van der Waals surface area contributed by atoms with Gasteiger partial charge in [-0.25, -0.2) is 23.2 Å². The van der Waals surface area contributed by atoms with E-state index in [0.717, 1.165) is 9.13 Å². The van der Waals surface area contributed by atoms with Gasteiger partial charge in [-0.15, -0.1) is 0 Å². The fourth-order valence-electron chi connectivity index (χ4n) is 5.19. The molecule has 7 rings (SSSR count).